The average molecular weight is 264 g/mol. The van der Waals surface area contributed by atoms with E-state index in [0.29, 0.717) is 12.6 Å². The van der Waals surface area contributed by atoms with Crippen molar-refractivity contribution < 1.29 is 0 Å². The Hall–Kier alpha value is -1.40. The minimum absolute atomic E-state index is 0.517. The molecule has 19 heavy (non-hydrogen) atoms. The summed E-state index contributed by atoms with van der Waals surface area (Å²) in [4.78, 5) is 10.8. The Labute approximate surface area is 114 Å². The van der Waals surface area contributed by atoms with E-state index in [2.05, 4.69) is 32.5 Å². The Morgan fingerprint density at radius 1 is 1.32 bits per heavy atom. The molecule has 6 nitrogen and oxygen atoms in total. The van der Waals surface area contributed by atoms with E-state index in [-0.39, 0.29) is 0 Å². The zero-order chi connectivity index (χ0) is 13.5. The lowest BCUT2D eigenvalue weighted by molar-refractivity contribution is 0.263. The molecule has 1 aromatic rings. The van der Waals surface area contributed by atoms with Gasteiger partial charge in [-0.25, -0.2) is 9.97 Å². The third-order valence-corrected chi connectivity index (χ3v) is 3.42. The number of anilines is 2. The van der Waals surface area contributed by atoms with Gasteiger partial charge in [-0.1, -0.05) is 0 Å². The van der Waals surface area contributed by atoms with Crippen LogP contribution in [0.5, 0.6) is 0 Å². The number of nitrogens with zero attached hydrogens (tertiary/aromatic N) is 3. The molecule has 0 bridgehead atoms. The van der Waals surface area contributed by atoms with E-state index in [9.17, 15) is 0 Å². The lowest BCUT2D eigenvalue weighted by atomic mass is 10.1. The van der Waals surface area contributed by atoms with E-state index in [4.69, 9.17) is 5.73 Å². The monoisotopic (exact) mass is 264 g/mol. The van der Waals surface area contributed by atoms with Crippen molar-refractivity contribution in [2.75, 3.05) is 43.9 Å². The quantitative estimate of drug-likeness (QED) is 0.658. The van der Waals surface area contributed by atoms with Gasteiger partial charge < -0.3 is 21.3 Å². The van der Waals surface area contributed by atoms with Gasteiger partial charge in [0.15, 0.2) is 0 Å². The first-order valence-electron chi connectivity index (χ1n) is 6.99. The number of nitrogens with one attached hydrogen (secondary N) is 2. The van der Waals surface area contributed by atoms with Crippen molar-refractivity contribution in [1.29, 1.82) is 0 Å². The molecule has 0 aliphatic carbocycles. The maximum absolute atomic E-state index is 5.47. The molecule has 1 aliphatic rings. The molecule has 1 fully saturated rings. The Kier molecular flexibility index (Phi) is 5.35. The third-order valence-electron chi connectivity index (χ3n) is 3.42. The molecule has 0 saturated carbocycles. The van der Waals surface area contributed by atoms with Crippen LogP contribution in [-0.4, -0.2) is 54.1 Å². The standard InChI is InChI=1S/C13H24N6/c1-19-7-3-11(4-8-19)18-13-9-12(16-10-17-13)15-6-2-5-14/h9-11H,2-8,14H2,1H3,(H2,15,16,17,18). The second-order valence-electron chi connectivity index (χ2n) is 5.08. The molecule has 0 unspecified atom stereocenters. The smallest absolute Gasteiger partial charge is 0.131 e. The van der Waals surface area contributed by atoms with Gasteiger partial charge >= 0.3 is 0 Å². The summed E-state index contributed by atoms with van der Waals surface area (Å²) < 4.78 is 0. The predicted molar refractivity (Wildman–Crippen MR) is 78.3 cm³/mol. The first kappa shape index (κ1) is 14.0. The molecule has 0 spiro atoms. The lowest BCUT2D eigenvalue weighted by Crippen LogP contribution is -2.36. The molecule has 6 heteroatoms. The maximum Gasteiger partial charge on any atom is 0.131 e. The van der Waals surface area contributed by atoms with Crippen LogP contribution < -0.4 is 16.4 Å². The number of hydrogen-bond acceptors (Lipinski definition) is 6. The minimum Gasteiger partial charge on any atom is -0.370 e. The molecule has 0 radical (unpaired) electrons. The van der Waals surface area contributed by atoms with E-state index >= 15 is 0 Å². The summed E-state index contributed by atoms with van der Waals surface area (Å²) in [6, 6.07) is 2.48. The van der Waals surface area contributed by atoms with Gasteiger partial charge in [-0.2, -0.15) is 0 Å². The largest absolute Gasteiger partial charge is 0.370 e. The highest BCUT2D eigenvalue weighted by Crippen LogP contribution is 2.15. The lowest BCUT2D eigenvalue weighted by Gasteiger charge is -2.29. The molecule has 1 aliphatic heterocycles. The second-order valence-corrected chi connectivity index (χ2v) is 5.08. The van der Waals surface area contributed by atoms with Crippen molar-refractivity contribution in [2.24, 2.45) is 5.73 Å². The highest BCUT2D eigenvalue weighted by atomic mass is 15.1. The fourth-order valence-electron chi connectivity index (χ4n) is 2.21. The van der Waals surface area contributed by atoms with Gasteiger partial charge in [-0.15, -0.1) is 0 Å². The average Bonchev–Trinajstić information content (AvgIpc) is 2.42. The van der Waals surface area contributed by atoms with Crippen molar-refractivity contribution in [3.05, 3.63) is 12.4 Å². The SMILES string of the molecule is CN1CCC(Nc2cc(NCCCN)ncn2)CC1. The maximum atomic E-state index is 5.47. The van der Waals surface area contributed by atoms with Crippen LogP contribution in [-0.2, 0) is 0 Å². The summed E-state index contributed by atoms with van der Waals surface area (Å²) in [5.74, 6) is 1.76. The summed E-state index contributed by atoms with van der Waals surface area (Å²) in [5.41, 5.74) is 5.47. The molecule has 1 saturated heterocycles. The summed E-state index contributed by atoms with van der Waals surface area (Å²) in [7, 11) is 2.17. The molecule has 4 N–H and O–H groups in total. The zero-order valence-corrected chi connectivity index (χ0v) is 11.6. The third kappa shape index (κ3) is 4.65. The Morgan fingerprint density at radius 2 is 2.05 bits per heavy atom. The number of piperidine rings is 1. The molecule has 0 aromatic carbocycles. The van der Waals surface area contributed by atoms with Crippen molar-refractivity contribution in [3.63, 3.8) is 0 Å². The van der Waals surface area contributed by atoms with Gasteiger partial charge in [0.1, 0.15) is 18.0 Å². The Balaban J connectivity index is 1.84. The number of likely N-dealkylation sites (tertiary alicyclic amines) is 1. The second kappa shape index (κ2) is 7.25. The molecule has 1 aromatic heterocycles. The minimum atomic E-state index is 0.517. The fourth-order valence-corrected chi connectivity index (χ4v) is 2.21. The Morgan fingerprint density at radius 3 is 2.79 bits per heavy atom. The number of rotatable bonds is 6. The zero-order valence-electron chi connectivity index (χ0n) is 11.6. The van der Waals surface area contributed by atoms with E-state index in [1.807, 2.05) is 6.07 Å². The van der Waals surface area contributed by atoms with Gasteiger partial charge in [0.2, 0.25) is 0 Å². The molecule has 0 atom stereocenters. The number of nitrogens with two attached hydrogens (primary N) is 1. The van der Waals surface area contributed by atoms with Gasteiger partial charge in [0.25, 0.3) is 0 Å². The highest BCUT2D eigenvalue weighted by molar-refractivity contribution is 5.46. The van der Waals surface area contributed by atoms with Crippen LogP contribution in [0.4, 0.5) is 11.6 Å². The van der Waals surface area contributed by atoms with Crippen LogP contribution in [0.2, 0.25) is 0 Å². The van der Waals surface area contributed by atoms with Crippen LogP contribution in [0.15, 0.2) is 12.4 Å². The van der Waals surface area contributed by atoms with Crippen molar-refractivity contribution in [3.8, 4) is 0 Å². The summed E-state index contributed by atoms with van der Waals surface area (Å²) >= 11 is 0. The van der Waals surface area contributed by atoms with Crippen molar-refractivity contribution >= 4 is 11.6 Å². The van der Waals surface area contributed by atoms with E-state index in [1.165, 1.54) is 0 Å². The first-order valence-corrected chi connectivity index (χ1v) is 6.99. The first-order chi connectivity index (χ1) is 9.28. The normalized spacial score (nSPS) is 17.4. The molecule has 0 amide bonds. The molecule has 106 valence electrons. The van der Waals surface area contributed by atoms with Crippen LogP contribution in [0, 0.1) is 0 Å². The van der Waals surface area contributed by atoms with Crippen LogP contribution in [0.3, 0.4) is 0 Å². The van der Waals surface area contributed by atoms with Crippen molar-refractivity contribution in [1.82, 2.24) is 14.9 Å². The molecule has 2 rings (SSSR count). The van der Waals surface area contributed by atoms with Gasteiger partial charge in [0, 0.05) is 18.7 Å². The summed E-state index contributed by atoms with van der Waals surface area (Å²) in [5, 5.41) is 6.74. The topological polar surface area (TPSA) is 79.1 Å². The summed E-state index contributed by atoms with van der Waals surface area (Å²) in [6.45, 7) is 3.83. The fraction of sp³-hybridized carbons (Fsp3) is 0.692. The predicted octanol–water partition coefficient (Wildman–Crippen LogP) is 0.743. The molecular weight excluding hydrogens is 240 g/mol. The number of hydrogen-bond donors (Lipinski definition) is 3. The van der Waals surface area contributed by atoms with Gasteiger partial charge in [-0.05, 0) is 45.9 Å². The summed E-state index contributed by atoms with van der Waals surface area (Å²) in [6.07, 6.45) is 4.87. The van der Waals surface area contributed by atoms with Crippen LogP contribution in [0.1, 0.15) is 19.3 Å². The van der Waals surface area contributed by atoms with Gasteiger partial charge in [0.05, 0.1) is 0 Å². The van der Waals surface area contributed by atoms with Crippen LogP contribution in [0.25, 0.3) is 0 Å². The van der Waals surface area contributed by atoms with E-state index < -0.39 is 0 Å². The van der Waals surface area contributed by atoms with Crippen LogP contribution >= 0.6 is 0 Å². The highest BCUT2D eigenvalue weighted by Gasteiger charge is 2.16. The molecular formula is C13H24N6. The number of aromatic nitrogens is 2. The molecule has 2 heterocycles. The van der Waals surface area contributed by atoms with E-state index in [1.54, 1.807) is 6.33 Å². The van der Waals surface area contributed by atoms with E-state index in [0.717, 1.165) is 50.5 Å². The van der Waals surface area contributed by atoms with Crippen molar-refractivity contribution in [2.45, 2.75) is 25.3 Å². The Bertz CT molecular complexity index is 375. The van der Waals surface area contributed by atoms with Gasteiger partial charge in [-0.3, -0.25) is 0 Å².